The van der Waals surface area contributed by atoms with Gasteiger partial charge in [0.05, 0.1) is 13.3 Å². The third-order valence-corrected chi connectivity index (χ3v) is 3.30. The number of carbonyl (C=O) groups is 2. The Labute approximate surface area is 150 Å². The Bertz CT molecular complexity index is 646. The van der Waals surface area contributed by atoms with Crippen LogP contribution in [0.15, 0.2) is 40.5 Å². The highest BCUT2D eigenvalue weighted by atomic mass is 35.5. The molecule has 1 aliphatic rings. The quantitative estimate of drug-likeness (QED) is 0.547. The van der Waals surface area contributed by atoms with Crippen LogP contribution in [-0.2, 0) is 21.0 Å². The minimum atomic E-state index is -1.82. The Morgan fingerprint density at radius 3 is 2.40 bits per heavy atom. The molecular formula is C16H20ClN3O5. The van der Waals surface area contributed by atoms with E-state index in [1.165, 1.54) is 0 Å². The number of carboxylic acid groups (broad SMARTS) is 2. The second-order valence-corrected chi connectivity index (χ2v) is 5.68. The van der Waals surface area contributed by atoms with Crippen LogP contribution in [-0.4, -0.2) is 53.5 Å². The van der Waals surface area contributed by atoms with Gasteiger partial charge in [0.1, 0.15) is 0 Å². The van der Waals surface area contributed by atoms with Crippen LogP contribution in [0.2, 0.25) is 5.02 Å². The van der Waals surface area contributed by atoms with E-state index in [2.05, 4.69) is 15.4 Å². The highest BCUT2D eigenvalue weighted by Gasteiger charge is 2.08. The maximum absolute atomic E-state index is 9.10. The van der Waals surface area contributed by atoms with Crippen LogP contribution in [0.1, 0.15) is 12.5 Å². The van der Waals surface area contributed by atoms with Crippen molar-refractivity contribution in [2.24, 2.45) is 4.99 Å². The van der Waals surface area contributed by atoms with E-state index in [0.717, 1.165) is 35.1 Å². The number of halogens is 1. The number of allylic oxidation sites excluding steroid dienone is 1. The van der Waals surface area contributed by atoms with Crippen LogP contribution >= 0.6 is 11.6 Å². The van der Waals surface area contributed by atoms with E-state index in [0.29, 0.717) is 6.61 Å². The van der Waals surface area contributed by atoms with Crippen molar-refractivity contribution < 1.29 is 24.6 Å². The summed E-state index contributed by atoms with van der Waals surface area (Å²) in [5.74, 6) is -3.65. The SMILES string of the molecule is C/C(NOCc1ccc(Cl)cc1)=C1/C=NCN(C)C1.O=C(O)C(=O)O. The van der Waals surface area contributed by atoms with Crippen molar-refractivity contribution in [3.63, 3.8) is 0 Å². The van der Waals surface area contributed by atoms with Crippen LogP contribution in [0.25, 0.3) is 0 Å². The van der Waals surface area contributed by atoms with E-state index < -0.39 is 11.9 Å². The summed E-state index contributed by atoms with van der Waals surface area (Å²) in [4.78, 5) is 30.1. The molecule has 1 aromatic carbocycles. The number of benzene rings is 1. The zero-order valence-electron chi connectivity index (χ0n) is 13.9. The molecule has 1 heterocycles. The van der Waals surface area contributed by atoms with E-state index in [1.54, 1.807) is 0 Å². The summed E-state index contributed by atoms with van der Waals surface area (Å²) in [6.07, 6.45) is 1.90. The Balaban J connectivity index is 0.000000450. The van der Waals surface area contributed by atoms with Gasteiger partial charge in [-0.15, -0.1) is 0 Å². The predicted octanol–water partition coefficient (Wildman–Crippen LogP) is 1.76. The molecule has 3 N–H and O–H groups in total. The Morgan fingerprint density at radius 2 is 1.88 bits per heavy atom. The number of carboxylic acids is 2. The minimum absolute atomic E-state index is 0.495. The number of aliphatic carboxylic acids is 2. The molecule has 25 heavy (non-hydrogen) atoms. The summed E-state index contributed by atoms with van der Waals surface area (Å²) in [6, 6.07) is 7.60. The van der Waals surface area contributed by atoms with Gasteiger partial charge in [0.15, 0.2) is 0 Å². The molecule has 9 heteroatoms. The Morgan fingerprint density at radius 1 is 1.28 bits per heavy atom. The van der Waals surface area contributed by atoms with Crippen molar-refractivity contribution in [3.05, 3.63) is 46.1 Å². The van der Waals surface area contributed by atoms with Gasteiger partial charge < -0.3 is 10.2 Å². The van der Waals surface area contributed by atoms with Gasteiger partial charge in [-0.2, -0.15) is 0 Å². The molecular weight excluding hydrogens is 350 g/mol. The number of rotatable bonds is 4. The third-order valence-electron chi connectivity index (χ3n) is 3.05. The molecule has 0 aliphatic carbocycles. The molecule has 0 aromatic heterocycles. The number of hydrogen-bond donors (Lipinski definition) is 3. The van der Waals surface area contributed by atoms with Crippen LogP contribution < -0.4 is 5.48 Å². The van der Waals surface area contributed by atoms with Crippen LogP contribution in [0.4, 0.5) is 0 Å². The predicted molar refractivity (Wildman–Crippen MR) is 93.3 cm³/mol. The molecule has 0 amide bonds. The molecule has 0 unspecified atom stereocenters. The maximum atomic E-state index is 9.10. The molecule has 1 aliphatic heterocycles. The molecule has 0 spiro atoms. The number of hydrogen-bond acceptors (Lipinski definition) is 6. The zero-order chi connectivity index (χ0) is 18.8. The number of aliphatic imine (C=N–C) groups is 1. The molecule has 0 fully saturated rings. The number of likely N-dealkylation sites (N-methyl/N-ethyl adjacent to an activating group) is 1. The van der Waals surface area contributed by atoms with Crippen molar-refractivity contribution in [2.75, 3.05) is 20.3 Å². The van der Waals surface area contributed by atoms with Crippen molar-refractivity contribution in [2.45, 2.75) is 13.5 Å². The highest BCUT2D eigenvalue weighted by Crippen LogP contribution is 2.10. The van der Waals surface area contributed by atoms with Crippen LogP contribution in [0, 0.1) is 0 Å². The molecule has 2 rings (SSSR count). The van der Waals surface area contributed by atoms with E-state index >= 15 is 0 Å². The lowest BCUT2D eigenvalue weighted by Crippen LogP contribution is -2.28. The normalized spacial score (nSPS) is 15.8. The number of hydroxylamine groups is 1. The number of nitrogens with zero attached hydrogens (tertiary/aromatic N) is 2. The van der Waals surface area contributed by atoms with Gasteiger partial charge in [-0.05, 0) is 31.7 Å². The summed E-state index contributed by atoms with van der Waals surface area (Å²) >= 11 is 5.83. The molecule has 0 bridgehead atoms. The van der Waals surface area contributed by atoms with Crippen molar-refractivity contribution in [1.29, 1.82) is 0 Å². The van der Waals surface area contributed by atoms with Gasteiger partial charge in [0, 0.05) is 29.1 Å². The highest BCUT2D eigenvalue weighted by molar-refractivity contribution is 6.30. The second-order valence-electron chi connectivity index (χ2n) is 5.25. The molecule has 0 saturated heterocycles. The number of nitrogens with one attached hydrogen (secondary N) is 1. The first-order chi connectivity index (χ1) is 11.8. The fourth-order valence-corrected chi connectivity index (χ4v) is 1.89. The summed E-state index contributed by atoms with van der Waals surface area (Å²) < 4.78 is 0. The monoisotopic (exact) mass is 369 g/mol. The summed E-state index contributed by atoms with van der Waals surface area (Å²) in [6.45, 7) is 4.12. The largest absolute Gasteiger partial charge is 0.473 e. The molecule has 8 nitrogen and oxygen atoms in total. The molecule has 0 saturated carbocycles. The second kappa shape index (κ2) is 10.4. The summed E-state index contributed by atoms with van der Waals surface area (Å²) in [5, 5.41) is 15.5. The third kappa shape index (κ3) is 8.30. The summed E-state index contributed by atoms with van der Waals surface area (Å²) in [7, 11) is 2.04. The first-order valence-corrected chi connectivity index (χ1v) is 7.64. The van der Waals surface area contributed by atoms with Crippen molar-refractivity contribution >= 4 is 29.8 Å². The molecule has 0 radical (unpaired) electrons. The van der Waals surface area contributed by atoms with Gasteiger partial charge in [0.2, 0.25) is 0 Å². The standard InChI is InChI=1S/C14H18ClN3O.C2H2O4/c1-11(13-7-16-10-18(2)8-13)17-19-9-12-3-5-14(15)6-4-12;3-1(4)2(5)6/h3-7,17H,8-10H2,1-2H3;(H,3,4)(H,5,6)/b13-11+;. The fraction of sp³-hybridized carbons (Fsp3) is 0.312. The lowest BCUT2D eigenvalue weighted by Gasteiger charge is -2.21. The molecule has 136 valence electrons. The van der Waals surface area contributed by atoms with E-state index in [9.17, 15) is 0 Å². The van der Waals surface area contributed by atoms with E-state index in [4.69, 9.17) is 36.2 Å². The zero-order valence-corrected chi connectivity index (χ0v) is 14.7. The van der Waals surface area contributed by atoms with Gasteiger partial charge in [0.25, 0.3) is 0 Å². The molecule has 0 atom stereocenters. The van der Waals surface area contributed by atoms with Crippen molar-refractivity contribution in [1.82, 2.24) is 10.4 Å². The van der Waals surface area contributed by atoms with Crippen LogP contribution in [0.3, 0.4) is 0 Å². The topological polar surface area (TPSA) is 111 Å². The first-order valence-electron chi connectivity index (χ1n) is 7.26. The average molecular weight is 370 g/mol. The summed E-state index contributed by atoms with van der Waals surface area (Å²) in [5.41, 5.74) is 6.17. The van der Waals surface area contributed by atoms with E-state index in [-0.39, 0.29) is 0 Å². The van der Waals surface area contributed by atoms with Crippen molar-refractivity contribution in [3.8, 4) is 0 Å². The van der Waals surface area contributed by atoms with Gasteiger partial charge in [-0.25, -0.2) is 9.59 Å². The maximum Gasteiger partial charge on any atom is 0.414 e. The average Bonchev–Trinajstić information content (AvgIpc) is 2.57. The van der Waals surface area contributed by atoms with Crippen LogP contribution in [0.5, 0.6) is 0 Å². The Kier molecular flexibility index (Phi) is 8.62. The van der Waals surface area contributed by atoms with Gasteiger partial charge >= 0.3 is 11.9 Å². The van der Waals surface area contributed by atoms with E-state index in [1.807, 2.05) is 44.5 Å². The van der Waals surface area contributed by atoms with Gasteiger partial charge in [-0.1, -0.05) is 23.7 Å². The lowest BCUT2D eigenvalue weighted by atomic mass is 10.2. The smallest absolute Gasteiger partial charge is 0.414 e. The fourth-order valence-electron chi connectivity index (χ4n) is 1.76. The first kappa shape index (κ1) is 20.6. The molecule has 1 aromatic rings. The van der Waals surface area contributed by atoms with Gasteiger partial charge in [-0.3, -0.25) is 20.2 Å². The lowest BCUT2D eigenvalue weighted by molar-refractivity contribution is -0.159. The minimum Gasteiger partial charge on any atom is -0.473 e. The Hall–Kier alpha value is -2.42.